The molecule has 0 fully saturated rings. The summed E-state index contributed by atoms with van der Waals surface area (Å²) in [5.41, 5.74) is 3.39. The summed E-state index contributed by atoms with van der Waals surface area (Å²) in [6.45, 7) is 3.44. The van der Waals surface area contributed by atoms with E-state index in [1.165, 1.54) is 12.1 Å². The van der Waals surface area contributed by atoms with Crippen molar-refractivity contribution < 1.29 is 9.50 Å². The molecule has 0 unspecified atom stereocenters. The number of nitrogens with zero attached hydrogens (tertiary/aromatic N) is 4. The van der Waals surface area contributed by atoms with Gasteiger partial charge < -0.3 is 10.1 Å². The summed E-state index contributed by atoms with van der Waals surface area (Å²) in [4.78, 5) is 10.0. The zero-order valence-electron chi connectivity index (χ0n) is 12.7. The third kappa shape index (κ3) is 2.85. The van der Waals surface area contributed by atoms with Gasteiger partial charge in [-0.05, 0) is 24.3 Å². The van der Waals surface area contributed by atoms with Crippen LogP contribution in [0.2, 0.25) is 0 Å². The number of imidazole rings is 1. The monoisotopic (exact) mass is 315 g/mol. The van der Waals surface area contributed by atoms with Crippen molar-refractivity contribution in [2.75, 3.05) is 13.1 Å². The van der Waals surface area contributed by atoms with Gasteiger partial charge in [0.05, 0.1) is 35.6 Å². The second kappa shape index (κ2) is 5.75. The lowest BCUT2D eigenvalue weighted by Crippen LogP contribution is -2.35. The van der Waals surface area contributed by atoms with E-state index in [1.54, 1.807) is 6.07 Å². The fraction of sp³-hybridized carbons (Fsp3) is 0.375. The summed E-state index contributed by atoms with van der Waals surface area (Å²) in [5, 5.41) is 13.5. The number of hydrogen-bond acceptors (Lipinski definition) is 4. The van der Waals surface area contributed by atoms with Crippen molar-refractivity contribution in [3.05, 3.63) is 47.3 Å². The molecule has 1 aromatic carbocycles. The summed E-state index contributed by atoms with van der Waals surface area (Å²) in [6, 6.07) is 6.55. The van der Waals surface area contributed by atoms with Crippen LogP contribution in [0.4, 0.5) is 4.39 Å². The van der Waals surface area contributed by atoms with E-state index >= 15 is 0 Å². The fourth-order valence-corrected chi connectivity index (χ4v) is 3.07. The number of halogens is 1. The molecule has 23 heavy (non-hydrogen) atoms. The average Bonchev–Trinajstić information content (AvgIpc) is 3.14. The van der Waals surface area contributed by atoms with Crippen molar-refractivity contribution in [3.63, 3.8) is 0 Å². The van der Waals surface area contributed by atoms with Crippen LogP contribution in [-0.4, -0.2) is 42.8 Å². The van der Waals surface area contributed by atoms with Crippen LogP contribution in [0, 0.1) is 5.82 Å². The van der Waals surface area contributed by atoms with Gasteiger partial charge in [-0.2, -0.15) is 5.10 Å². The largest absolute Gasteiger partial charge is 0.390 e. The molecule has 2 aromatic heterocycles. The van der Waals surface area contributed by atoms with Crippen LogP contribution < -0.4 is 0 Å². The standard InChI is InChI=1S/C16H18FN5O/c17-11-1-2-14-15(7-11)19-16(18-14)3-4-21-5-6-22-13(9-21)8-12(10-23)20-22/h1-2,7-8,23H,3-6,9-10H2,(H,18,19). The Balaban J connectivity index is 1.42. The highest BCUT2D eigenvalue weighted by Gasteiger charge is 2.18. The Kier molecular flexibility index (Phi) is 3.59. The zero-order chi connectivity index (χ0) is 15.8. The van der Waals surface area contributed by atoms with Gasteiger partial charge in [-0.25, -0.2) is 9.37 Å². The third-order valence-corrected chi connectivity index (χ3v) is 4.25. The van der Waals surface area contributed by atoms with Gasteiger partial charge in [-0.1, -0.05) is 0 Å². The molecule has 7 heteroatoms. The molecule has 0 radical (unpaired) electrons. The number of fused-ring (bicyclic) bond motifs is 2. The fourth-order valence-electron chi connectivity index (χ4n) is 3.07. The first-order chi connectivity index (χ1) is 11.2. The Bertz CT molecular complexity index is 840. The van der Waals surface area contributed by atoms with Crippen LogP contribution >= 0.6 is 0 Å². The summed E-state index contributed by atoms with van der Waals surface area (Å²) in [6.07, 6.45) is 0.789. The van der Waals surface area contributed by atoms with E-state index in [-0.39, 0.29) is 12.4 Å². The minimum atomic E-state index is -0.253. The molecule has 3 aromatic rings. The summed E-state index contributed by atoms with van der Waals surface area (Å²) < 4.78 is 15.2. The molecule has 0 spiro atoms. The van der Waals surface area contributed by atoms with E-state index in [2.05, 4.69) is 20.0 Å². The molecule has 120 valence electrons. The Labute approximate surface area is 132 Å². The maximum absolute atomic E-state index is 13.2. The number of benzene rings is 1. The highest BCUT2D eigenvalue weighted by molar-refractivity contribution is 5.74. The topological polar surface area (TPSA) is 70.0 Å². The van der Waals surface area contributed by atoms with Crippen molar-refractivity contribution >= 4 is 11.0 Å². The zero-order valence-corrected chi connectivity index (χ0v) is 12.7. The van der Waals surface area contributed by atoms with Crippen molar-refractivity contribution in [1.82, 2.24) is 24.6 Å². The Morgan fingerprint density at radius 2 is 2.17 bits per heavy atom. The van der Waals surface area contributed by atoms with Crippen molar-refractivity contribution in [3.8, 4) is 0 Å². The highest BCUT2D eigenvalue weighted by atomic mass is 19.1. The van der Waals surface area contributed by atoms with Gasteiger partial charge in [0.25, 0.3) is 0 Å². The van der Waals surface area contributed by atoms with Gasteiger partial charge in [0.1, 0.15) is 11.6 Å². The van der Waals surface area contributed by atoms with E-state index in [1.807, 2.05) is 10.7 Å². The molecule has 0 saturated carbocycles. The minimum Gasteiger partial charge on any atom is -0.390 e. The second-order valence-corrected chi connectivity index (χ2v) is 5.88. The van der Waals surface area contributed by atoms with Crippen LogP contribution in [0.15, 0.2) is 24.3 Å². The molecular weight excluding hydrogens is 297 g/mol. The van der Waals surface area contributed by atoms with Crippen molar-refractivity contribution in [1.29, 1.82) is 0 Å². The predicted molar refractivity (Wildman–Crippen MR) is 83.2 cm³/mol. The number of aliphatic hydroxyl groups is 1. The molecule has 6 nitrogen and oxygen atoms in total. The molecule has 0 atom stereocenters. The first kappa shape index (κ1) is 14.3. The van der Waals surface area contributed by atoms with E-state index in [9.17, 15) is 4.39 Å². The maximum atomic E-state index is 13.2. The van der Waals surface area contributed by atoms with Gasteiger partial charge in [-0.15, -0.1) is 0 Å². The summed E-state index contributed by atoms with van der Waals surface area (Å²) in [5.74, 6) is 0.623. The maximum Gasteiger partial charge on any atom is 0.125 e. The number of aliphatic hydroxyl groups excluding tert-OH is 1. The summed E-state index contributed by atoms with van der Waals surface area (Å²) >= 11 is 0. The van der Waals surface area contributed by atoms with Crippen LogP contribution in [0.1, 0.15) is 17.2 Å². The molecule has 0 saturated heterocycles. The quantitative estimate of drug-likeness (QED) is 0.764. The molecule has 0 bridgehead atoms. The van der Waals surface area contributed by atoms with Gasteiger partial charge in [0.2, 0.25) is 0 Å². The lowest BCUT2D eigenvalue weighted by Gasteiger charge is -2.27. The van der Waals surface area contributed by atoms with Gasteiger partial charge >= 0.3 is 0 Å². The smallest absolute Gasteiger partial charge is 0.125 e. The number of hydrogen-bond donors (Lipinski definition) is 2. The van der Waals surface area contributed by atoms with Crippen LogP contribution in [0.3, 0.4) is 0 Å². The molecule has 4 rings (SSSR count). The first-order valence-electron chi connectivity index (χ1n) is 7.74. The van der Waals surface area contributed by atoms with Crippen LogP contribution in [-0.2, 0) is 26.1 Å². The van der Waals surface area contributed by atoms with Crippen LogP contribution in [0.25, 0.3) is 11.0 Å². The predicted octanol–water partition coefficient (Wildman–Crippen LogP) is 1.45. The Morgan fingerprint density at radius 1 is 1.26 bits per heavy atom. The third-order valence-electron chi connectivity index (χ3n) is 4.25. The van der Waals surface area contributed by atoms with Crippen molar-refractivity contribution in [2.45, 2.75) is 26.1 Å². The Hall–Kier alpha value is -2.25. The highest BCUT2D eigenvalue weighted by Crippen LogP contribution is 2.16. The van der Waals surface area contributed by atoms with E-state index in [0.29, 0.717) is 0 Å². The average molecular weight is 315 g/mol. The number of rotatable bonds is 4. The van der Waals surface area contributed by atoms with E-state index in [0.717, 1.165) is 60.8 Å². The van der Waals surface area contributed by atoms with E-state index in [4.69, 9.17) is 5.11 Å². The first-order valence-corrected chi connectivity index (χ1v) is 7.74. The van der Waals surface area contributed by atoms with Gasteiger partial charge in [0.15, 0.2) is 0 Å². The lowest BCUT2D eigenvalue weighted by atomic mass is 10.2. The Morgan fingerprint density at radius 3 is 3.04 bits per heavy atom. The number of nitrogens with one attached hydrogen (secondary N) is 1. The van der Waals surface area contributed by atoms with Gasteiger partial charge in [0, 0.05) is 26.1 Å². The second-order valence-electron chi connectivity index (χ2n) is 5.88. The lowest BCUT2D eigenvalue weighted by molar-refractivity contribution is 0.213. The normalized spacial score (nSPS) is 15.2. The minimum absolute atomic E-state index is 0.0183. The molecule has 0 amide bonds. The van der Waals surface area contributed by atoms with Gasteiger partial charge in [-0.3, -0.25) is 9.58 Å². The molecule has 3 heterocycles. The summed E-state index contributed by atoms with van der Waals surface area (Å²) in [7, 11) is 0. The molecule has 1 aliphatic heterocycles. The molecule has 0 aliphatic carbocycles. The molecular formula is C16H18FN5O. The molecule has 1 aliphatic rings. The number of H-pyrrole nitrogens is 1. The SMILES string of the molecule is OCc1cc2n(n1)CCN(CCc1nc3ccc(F)cc3[nH]1)C2. The van der Waals surface area contributed by atoms with E-state index < -0.39 is 0 Å². The number of aromatic nitrogens is 4. The molecule has 2 N–H and O–H groups in total. The number of aromatic amines is 1. The van der Waals surface area contributed by atoms with Crippen LogP contribution in [0.5, 0.6) is 0 Å². The van der Waals surface area contributed by atoms with Crippen molar-refractivity contribution in [2.24, 2.45) is 0 Å².